The Bertz CT molecular complexity index is 696. The molecule has 3 rings (SSSR count). The summed E-state index contributed by atoms with van der Waals surface area (Å²) in [6.45, 7) is 3.79. The molecule has 1 aliphatic rings. The average molecular weight is 351 g/mol. The molecule has 0 aliphatic carbocycles. The Labute approximate surface area is 157 Å². The number of hydrogen-bond donors (Lipinski definition) is 0. The normalized spacial score (nSPS) is 18.8. The molecule has 3 nitrogen and oxygen atoms in total. The Morgan fingerprint density at radius 3 is 2.50 bits per heavy atom. The minimum Gasteiger partial charge on any atom is -0.497 e. The summed E-state index contributed by atoms with van der Waals surface area (Å²) in [5.74, 6) is 1.52. The molecule has 138 valence electrons. The van der Waals surface area contributed by atoms with Crippen LogP contribution in [0.25, 0.3) is 0 Å². The van der Waals surface area contributed by atoms with Crippen LogP contribution in [0.3, 0.4) is 0 Å². The van der Waals surface area contributed by atoms with Crippen LogP contribution >= 0.6 is 0 Å². The molecule has 0 bridgehead atoms. The van der Waals surface area contributed by atoms with Crippen LogP contribution in [-0.2, 0) is 4.79 Å². The van der Waals surface area contributed by atoms with Gasteiger partial charge >= 0.3 is 0 Å². The summed E-state index contributed by atoms with van der Waals surface area (Å²) in [4.78, 5) is 15.4. The molecule has 1 amide bonds. The first-order valence-corrected chi connectivity index (χ1v) is 9.70. The number of carbonyl (C=O) groups is 1. The number of rotatable bonds is 5. The largest absolute Gasteiger partial charge is 0.497 e. The molecule has 1 heterocycles. The lowest BCUT2D eigenvalue weighted by atomic mass is 9.92. The van der Waals surface area contributed by atoms with Crippen LogP contribution in [0.15, 0.2) is 54.6 Å². The van der Waals surface area contributed by atoms with Crippen molar-refractivity contribution in [1.82, 2.24) is 4.90 Å². The zero-order chi connectivity index (χ0) is 18.4. The predicted octanol–water partition coefficient (Wildman–Crippen LogP) is 4.99. The molecular formula is C23H29NO2. The van der Waals surface area contributed by atoms with E-state index in [2.05, 4.69) is 36.1 Å². The Balaban J connectivity index is 1.76. The monoisotopic (exact) mass is 351 g/mol. The van der Waals surface area contributed by atoms with E-state index in [1.165, 1.54) is 12.0 Å². The number of nitrogens with zero attached hydrogens (tertiary/aromatic N) is 1. The van der Waals surface area contributed by atoms with Crippen molar-refractivity contribution in [3.05, 3.63) is 65.7 Å². The molecule has 2 atom stereocenters. The minimum atomic E-state index is -0.0363. The van der Waals surface area contributed by atoms with Crippen LogP contribution in [0.2, 0.25) is 0 Å². The second kappa shape index (κ2) is 8.88. The summed E-state index contributed by atoms with van der Waals surface area (Å²) >= 11 is 0. The number of methoxy groups -OCH3 is 1. The van der Waals surface area contributed by atoms with Gasteiger partial charge in [-0.15, -0.1) is 0 Å². The van der Waals surface area contributed by atoms with Gasteiger partial charge in [0.15, 0.2) is 0 Å². The van der Waals surface area contributed by atoms with Crippen LogP contribution in [0.5, 0.6) is 5.75 Å². The zero-order valence-corrected chi connectivity index (χ0v) is 15.9. The lowest BCUT2D eigenvalue weighted by molar-refractivity contribution is -0.133. The number of amides is 1. The molecule has 0 N–H and O–H groups in total. The molecule has 0 aromatic heterocycles. The molecule has 1 fully saturated rings. The van der Waals surface area contributed by atoms with Gasteiger partial charge in [0.05, 0.1) is 13.0 Å². The quantitative estimate of drug-likeness (QED) is 0.760. The van der Waals surface area contributed by atoms with Gasteiger partial charge in [0.2, 0.25) is 5.91 Å². The van der Waals surface area contributed by atoms with Crippen LogP contribution in [0.1, 0.15) is 55.6 Å². The van der Waals surface area contributed by atoms with Gasteiger partial charge in [-0.3, -0.25) is 4.79 Å². The van der Waals surface area contributed by atoms with E-state index in [-0.39, 0.29) is 11.8 Å². The van der Waals surface area contributed by atoms with Gasteiger partial charge < -0.3 is 9.64 Å². The Morgan fingerprint density at radius 1 is 1.12 bits per heavy atom. The van der Waals surface area contributed by atoms with Gasteiger partial charge in [0, 0.05) is 19.0 Å². The van der Waals surface area contributed by atoms with Gasteiger partial charge in [-0.05, 0) is 42.5 Å². The summed E-state index contributed by atoms with van der Waals surface area (Å²) in [7, 11) is 1.69. The average Bonchev–Trinajstić information content (AvgIpc) is 2.96. The van der Waals surface area contributed by atoms with Crippen LogP contribution in [-0.4, -0.2) is 31.0 Å². The van der Waals surface area contributed by atoms with E-state index in [4.69, 9.17) is 4.74 Å². The second-order valence-electron chi connectivity index (χ2n) is 7.12. The Kier molecular flexibility index (Phi) is 6.32. The van der Waals surface area contributed by atoms with Crippen molar-refractivity contribution in [2.75, 3.05) is 20.2 Å². The first-order valence-electron chi connectivity index (χ1n) is 9.70. The smallest absolute Gasteiger partial charge is 0.230 e. The van der Waals surface area contributed by atoms with E-state index >= 15 is 0 Å². The molecule has 2 aromatic carbocycles. The van der Waals surface area contributed by atoms with E-state index in [0.29, 0.717) is 5.92 Å². The molecule has 0 radical (unpaired) electrons. The van der Waals surface area contributed by atoms with Crippen molar-refractivity contribution >= 4 is 5.91 Å². The molecular weight excluding hydrogens is 322 g/mol. The first-order chi connectivity index (χ1) is 12.7. The molecule has 1 aliphatic heterocycles. The van der Waals surface area contributed by atoms with Crippen molar-refractivity contribution < 1.29 is 9.53 Å². The fourth-order valence-corrected chi connectivity index (χ4v) is 3.95. The molecule has 0 saturated carbocycles. The van der Waals surface area contributed by atoms with Gasteiger partial charge in [-0.2, -0.15) is 0 Å². The van der Waals surface area contributed by atoms with Crippen molar-refractivity contribution in [2.45, 2.75) is 44.4 Å². The molecule has 3 heteroatoms. The second-order valence-corrected chi connectivity index (χ2v) is 7.12. The lowest BCUT2D eigenvalue weighted by Gasteiger charge is -2.28. The van der Waals surface area contributed by atoms with Crippen LogP contribution < -0.4 is 4.74 Å². The molecule has 2 aromatic rings. The summed E-state index contributed by atoms with van der Waals surface area (Å²) in [6.07, 6.45) is 4.23. The van der Waals surface area contributed by atoms with E-state index in [1.54, 1.807) is 7.11 Å². The third kappa shape index (κ3) is 4.27. The maximum Gasteiger partial charge on any atom is 0.230 e. The van der Waals surface area contributed by atoms with Gasteiger partial charge in [-0.25, -0.2) is 0 Å². The van der Waals surface area contributed by atoms with Gasteiger partial charge in [0.25, 0.3) is 0 Å². The zero-order valence-electron chi connectivity index (χ0n) is 15.9. The van der Waals surface area contributed by atoms with E-state index in [0.717, 1.165) is 43.7 Å². The Morgan fingerprint density at radius 2 is 1.85 bits per heavy atom. The maximum absolute atomic E-state index is 13.3. The van der Waals surface area contributed by atoms with Crippen molar-refractivity contribution in [2.24, 2.45) is 0 Å². The van der Waals surface area contributed by atoms with E-state index in [1.807, 2.05) is 30.3 Å². The van der Waals surface area contributed by atoms with Crippen molar-refractivity contribution in [1.29, 1.82) is 0 Å². The highest BCUT2D eigenvalue weighted by atomic mass is 16.5. The van der Waals surface area contributed by atoms with E-state index < -0.39 is 0 Å². The number of carbonyl (C=O) groups excluding carboxylic acids is 1. The number of likely N-dealkylation sites (tertiary alicyclic amines) is 1. The predicted molar refractivity (Wildman–Crippen MR) is 106 cm³/mol. The van der Waals surface area contributed by atoms with Crippen molar-refractivity contribution in [3.8, 4) is 5.75 Å². The van der Waals surface area contributed by atoms with Crippen molar-refractivity contribution in [3.63, 3.8) is 0 Å². The maximum atomic E-state index is 13.3. The van der Waals surface area contributed by atoms with E-state index in [9.17, 15) is 4.79 Å². The van der Waals surface area contributed by atoms with Gasteiger partial charge in [-0.1, -0.05) is 55.8 Å². The number of ether oxygens (including phenoxy) is 1. The fourth-order valence-electron chi connectivity index (χ4n) is 3.95. The minimum absolute atomic E-state index is 0.0363. The topological polar surface area (TPSA) is 29.5 Å². The third-order valence-electron chi connectivity index (χ3n) is 5.48. The molecule has 26 heavy (non-hydrogen) atoms. The molecule has 0 spiro atoms. The highest BCUT2D eigenvalue weighted by molar-refractivity contribution is 5.83. The number of benzene rings is 2. The summed E-state index contributed by atoms with van der Waals surface area (Å²) in [6, 6.07) is 18.5. The lowest BCUT2D eigenvalue weighted by Crippen LogP contribution is -2.37. The number of hydrogen-bond acceptors (Lipinski definition) is 2. The fraction of sp³-hybridized carbons (Fsp3) is 0.435. The SMILES string of the molecule is CCC(C(=O)N1CCCCC(c2ccc(OC)cc2)C1)c1ccccc1. The Hall–Kier alpha value is -2.29. The molecule has 2 unspecified atom stereocenters. The third-order valence-corrected chi connectivity index (χ3v) is 5.48. The van der Waals surface area contributed by atoms with Gasteiger partial charge in [0.1, 0.15) is 5.75 Å². The summed E-state index contributed by atoms with van der Waals surface area (Å²) in [5, 5.41) is 0. The molecule has 1 saturated heterocycles. The standard InChI is InChI=1S/C23H29NO2/c1-3-22(19-9-5-4-6-10-19)23(25)24-16-8-7-11-20(17-24)18-12-14-21(26-2)15-13-18/h4-6,9-10,12-15,20,22H,3,7-8,11,16-17H2,1-2H3. The van der Waals surface area contributed by atoms with Crippen LogP contribution in [0.4, 0.5) is 0 Å². The highest BCUT2D eigenvalue weighted by Crippen LogP contribution is 2.30. The summed E-state index contributed by atoms with van der Waals surface area (Å²) < 4.78 is 5.27. The summed E-state index contributed by atoms with van der Waals surface area (Å²) in [5.41, 5.74) is 2.43. The first kappa shape index (κ1) is 18.5. The highest BCUT2D eigenvalue weighted by Gasteiger charge is 2.28. The van der Waals surface area contributed by atoms with Crippen LogP contribution in [0, 0.1) is 0 Å².